The van der Waals surface area contributed by atoms with E-state index in [4.69, 9.17) is 0 Å². The van der Waals surface area contributed by atoms with Crippen molar-refractivity contribution >= 4 is 23.1 Å². The van der Waals surface area contributed by atoms with Gasteiger partial charge in [-0.15, -0.1) is 0 Å². The molecule has 4 rings (SSSR count). The topological polar surface area (TPSA) is 92.4 Å². The zero-order valence-electron chi connectivity index (χ0n) is 12.1. The van der Waals surface area contributed by atoms with E-state index in [0.717, 1.165) is 11.3 Å². The largest absolute Gasteiger partial charge is 0.511 e. The third kappa shape index (κ3) is 2.22. The predicted octanol–water partition coefficient (Wildman–Crippen LogP) is 1.98. The number of aliphatic hydroxyl groups excluding tert-OH is 1. The molecule has 114 valence electrons. The fraction of sp³-hybridized carbons (Fsp3) is 0.125. The molecule has 0 saturated heterocycles. The van der Waals surface area contributed by atoms with Gasteiger partial charge in [-0.2, -0.15) is 0 Å². The Bertz CT molecular complexity index is 930. The average molecular weight is 307 g/mol. The molecule has 1 aliphatic carbocycles. The summed E-state index contributed by atoms with van der Waals surface area (Å²) in [6.45, 7) is 0. The van der Waals surface area contributed by atoms with E-state index in [2.05, 4.69) is 20.3 Å². The molecule has 2 N–H and O–H groups in total. The van der Waals surface area contributed by atoms with Gasteiger partial charge < -0.3 is 9.51 Å². The maximum Gasteiger partial charge on any atom is 0.263 e. The molecule has 3 aromatic heterocycles. The summed E-state index contributed by atoms with van der Waals surface area (Å²) in [4.78, 5) is 25.0. The number of nitrogens with zero attached hydrogens (tertiary/aromatic N) is 4. The number of rotatable bonds is 2. The van der Waals surface area contributed by atoms with E-state index in [-0.39, 0.29) is 17.3 Å². The lowest BCUT2D eigenvalue weighted by Gasteiger charge is -2.15. The van der Waals surface area contributed by atoms with Gasteiger partial charge in [-0.25, -0.2) is 15.0 Å². The van der Waals surface area contributed by atoms with E-state index in [0.29, 0.717) is 18.5 Å². The maximum atomic E-state index is 12.6. The van der Waals surface area contributed by atoms with E-state index in [1.807, 2.05) is 28.8 Å². The third-order valence-corrected chi connectivity index (χ3v) is 3.77. The Morgan fingerprint density at radius 3 is 2.83 bits per heavy atom. The molecular weight excluding hydrogens is 294 g/mol. The minimum Gasteiger partial charge on any atom is -0.511 e. The molecule has 0 spiro atoms. The molecule has 1 amide bonds. The van der Waals surface area contributed by atoms with Crippen molar-refractivity contribution in [1.82, 2.24) is 19.4 Å². The van der Waals surface area contributed by atoms with Crippen LogP contribution in [-0.2, 0) is 11.2 Å². The van der Waals surface area contributed by atoms with E-state index in [1.54, 1.807) is 6.07 Å². The first-order valence-corrected chi connectivity index (χ1v) is 7.21. The Balaban J connectivity index is 1.78. The van der Waals surface area contributed by atoms with Crippen LogP contribution >= 0.6 is 0 Å². The van der Waals surface area contributed by atoms with Crippen LogP contribution in [0.25, 0.3) is 11.2 Å². The Kier molecular flexibility index (Phi) is 3.04. The molecule has 0 fully saturated rings. The van der Waals surface area contributed by atoms with Crippen molar-refractivity contribution in [1.29, 1.82) is 0 Å². The first-order chi connectivity index (χ1) is 11.2. The SMILES string of the molecule is O=C(Nc1ncccn1)C1=C(O)CCc2c1nc1ccccn21. The smallest absolute Gasteiger partial charge is 0.263 e. The molecule has 0 radical (unpaired) electrons. The fourth-order valence-electron chi connectivity index (χ4n) is 2.75. The molecule has 7 nitrogen and oxygen atoms in total. The number of pyridine rings is 1. The molecule has 7 heteroatoms. The van der Waals surface area contributed by atoms with Crippen molar-refractivity contribution in [2.75, 3.05) is 5.32 Å². The number of carbonyl (C=O) groups is 1. The Labute approximate surface area is 131 Å². The lowest BCUT2D eigenvalue weighted by atomic mass is 9.97. The van der Waals surface area contributed by atoms with Gasteiger partial charge in [0, 0.05) is 25.0 Å². The number of fused-ring (bicyclic) bond motifs is 3. The van der Waals surface area contributed by atoms with Gasteiger partial charge in [-0.05, 0) is 24.6 Å². The number of nitrogens with one attached hydrogen (secondary N) is 1. The summed E-state index contributed by atoms with van der Waals surface area (Å²) >= 11 is 0. The van der Waals surface area contributed by atoms with Gasteiger partial charge in [-0.3, -0.25) is 10.1 Å². The summed E-state index contributed by atoms with van der Waals surface area (Å²) in [6, 6.07) is 7.32. The second kappa shape index (κ2) is 5.20. The van der Waals surface area contributed by atoms with Crippen molar-refractivity contribution in [3.8, 4) is 0 Å². The Hall–Kier alpha value is -3.22. The van der Waals surface area contributed by atoms with Crippen LogP contribution in [0.5, 0.6) is 0 Å². The zero-order chi connectivity index (χ0) is 15.8. The van der Waals surface area contributed by atoms with Gasteiger partial charge in [0.05, 0.1) is 5.69 Å². The summed E-state index contributed by atoms with van der Waals surface area (Å²) in [5.74, 6) is -0.235. The minimum atomic E-state index is -0.460. The Morgan fingerprint density at radius 1 is 1.17 bits per heavy atom. The first-order valence-electron chi connectivity index (χ1n) is 7.21. The summed E-state index contributed by atoms with van der Waals surface area (Å²) in [6.07, 6.45) is 6.00. The number of aliphatic hydroxyl groups is 1. The molecule has 0 bridgehead atoms. The standard InChI is InChI=1S/C16H13N5O2/c22-11-6-5-10-14(19-12-4-1-2-9-21(10)12)13(11)15(23)20-16-17-7-3-8-18-16/h1-4,7-9,22H,5-6H2,(H,17,18,20,23). The molecule has 0 aliphatic heterocycles. The quantitative estimate of drug-likeness (QED) is 0.755. The lowest BCUT2D eigenvalue weighted by molar-refractivity contribution is -0.111. The number of aryl methyl sites for hydroxylation is 1. The number of allylic oxidation sites excluding steroid dienone is 1. The van der Waals surface area contributed by atoms with Crippen molar-refractivity contribution in [3.05, 3.63) is 60.0 Å². The van der Waals surface area contributed by atoms with Gasteiger partial charge in [-0.1, -0.05) is 6.07 Å². The third-order valence-electron chi connectivity index (χ3n) is 3.77. The van der Waals surface area contributed by atoms with Crippen LogP contribution in [0.15, 0.2) is 48.6 Å². The van der Waals surface area contributed by atoms with Crippen molar-refractivity contribution in [3.63, 3.8) is 0 Å². The summed E-state index contributed by atoms with van der Waals surface area (Å²) in [5.41, 5.74) is 2.35. The maximum absolute atomic E-state index is 12.6. The van der Waals surface area contributed by atoms with Gasteiger partial charge in [0.15, 0.2) is 0 Å². The van der Waals surface area contributed by atoms with E-state index >= 15 is 0 Å². The summed E-state index contributed by atoms with van der Waals surface area (Å²) < 4.78 is 1.94. The number of imidazole rings is 1. The zero-order valence-corrected chi connectivity index (χ0v) is 12.1. The summed E-state index contributed by atoms with van der Waals surface area (Å²) in [7, 11) is 0. The van der Waals surface area contributed by atoms with Crippen LogP contribution in [-0.4, -0.2) is 30.4 Å². The molecule has 0 saturated carbocycles. The number of hydrogen-bond donors (Lipinski definition) is 2. The minimum absolute atomic E-state index is 0.0364. The fourth-order valence-corrected chi connectivity index (χ4v) is 2.75. The molecule has 1 aliphatic rings. The van der Waals surface area contributed by atoms with Crippen LogP contribution in [0, 0.1) is 0 Å². The molecule has 3 aromatic rings. The number of carbonyl (C=O) groups excluding carboxylic acids is 1. The van der Waals surface area contributed by atoms with Gasteiger partial charge in [0.1, 0.15) is 22.7 Å². The monoisotopic (exact) mass is 307 g/mol. The normalized spacial score (nSPS) is 13.9. The molecule has 0 unspecified atom stereocenters. The number of anilines is 1. The van der Waals surface area contributed by atoms with Crippen LogP contribution in [0.1, 0.15) is 17.8 Å². The predicted molar refractivity (Wildman–Crippen MR) is 83.7 cm³/mol. The lowest BCUT2D eigenvalue weighted by Crippen LogP contribution is -2.20. The van der Waals surface area contributed by atoms with Crippen LogP contribution < -0.4 is 5.32 Å². The highest BCUT2D eigenvalue weighted by atomic mass is 16.3. The molecule has 3 heterocycles. The highest BCUT2D eigenvalue weighted by molar-refractivity contribution is 6.25. The number of aromatic nitrogens is 4. The van der Waals surface area contributed by atoms with Crippen molar-refractivity contribution in [2.24, 2.45) is 0 Å². The molecule has 0 aromatic carbocycles. The first kappa shape index (κ1) is 13.4. The van der Waals surface area contributed by atoms with Gasteiger partial charge >= 0.3 is 0 Å². The highest BCUT2D eigenvalue weighted by Gasteiger charge is 2.29. The Morgan fingerprint density at radius 2 is 2.00 bits per heavy atom. The van der Waals surface area contributed by atoms with E-state index < -0.39 is 5.91 Å². The van der Waals surface area contributed by atoms with E-state index in [9.17, 15) is 9.90 Å². The number of hydrogen-bond acceptors (Lipinski definition) is 5. The van der Waals surface area contributed by atoms with Gasteiger partial charge in [0.2, 0.25) is 5.95 Å². The molecule has 23 heavy (non-hydrogen) atoms. The second-order valence-electron chi connectivity index (χ2n) is 5.18. The average Bonchev–Trinajstić information content (AvgIpc) is 2.93. The number of amides is 1. The van der Waals surface area contributed by atoms with E-state index in [1.165, 1.54) is 12.4 Å². The van der Waals surface area contributed by atoms with Crippen molar-refractivity contribution in [2.45, 2.75) is 12.8 Å². The molecule has 0 atom stereocenters. The van der Waals surface area contributed by atoms with Crippen LogP contribution in [0.2, 0.25) is 0 Å². The summed E-state index contributed by atoms with van der Waals surface area (Å²) in [5, 5.41) is 12.8. The van der Waals surface area contributed by atoms with Crippen LogP contribution in [0.4, 0.5) is 5.95 Å². The van der Waals surface area contributed by atoms with Gasteiger partial charge in [0.25, 0.3) is 5.91 Å². The van der Waals surface area contributed by atoms with Crippen molar-refractivity contribution < 1.29 is 9.90 Å². The second-order valence-corrected chi connectivity index (χ2v) is 5.18. The molecular formula is C16H13N5O2. The van der Waals surface area contributed by atoms with Crippen LogP contribution in [0.3, 0.4) is 0 Å². The highest BCUT2D eigenvalue weighted by Crippen LogP contribution is 2.31.